The van der Waals surface area contributed by atoms with E-state index in [0.29, 0.717) is 0 Å². The van der Waals surface area contributed by atoms with E-state index < -0.39 is 0 Å². The van der Waals surface area contributed by atoms with Crippen molar-refractivity contribution in [2.75, 3.05) is 46.8 Å². The number of guanidine groups is 1. The molecule has 1 atom stereocenters. The van der Waals surface area contributed by atoms with E-state index in [0.717, 1.165) is 37.4 Å². The van der Waals surface area contributed by atoms with Crippen LogP contribution in [0.4, 0.5) is 0 Å². The molecule has 1 N–H and O–H groups in total. The molecule has 0 bridgehead atoms. The fourth-order valence-corrected chi connectivity index (χ4v) is 3.97. The number of benzene rings is 1. The summed E-state index contributed by atoms with van der Waals surface area (Å²) in [5.41, 5.74) is 1.46. The minimum Gasteiger partial charge on any atom is -0.356 e. The van der Waals surface area contributed by atoms with Crippen molar-refractivity contribution in [2.45, 2.75) is 25.7 Å². The molecule has 0 saturated carbocycles. The molecule has 5 heteroatoms. The smallest absolute Gasteiger partial charge is 0.193 e. The Hall–Kier alpha value is -0.820. The Bertz CT molecular complexity index is 526. The van der Waals surface area contributed by atoms with Crippen LogP contribution in [0.5, 0.6) is 0 Å². The molecule has 2 heterocycles. The second-order valence-corrected chi connectivity index (χ2v) is 7.47. The molecule has 1 aromatic carbocycles. The van der Waals surface area contributed by atoms with E-state index in [9.17, 15) is 0 Å². The number of aliphatic imine (C=N–C) groups is 1. The molecule has 0 aromatic heterocycles. The SMILES string of the molecule is CN=C(NCC1CCN(C)CC1)N1CCC(Cc2ccccc2)C1.I. The van der Waals surface area contributed by atoms with Gasteiger partial charge in [0.2, 0.25) is 0 Å². The fourth-order valence-electron chi connectivity index (χ4n) is 3.97. The van der Waals surface area contributed by atoms with E-state index in [1.807, 2.05) is 7.05 Å². The second-order valence-electron chi connectivity index (χ2n) is 7.47. The molecule has 2 fully saturated rings. The van der Waals surface area contributed by atoms with E-state index in [4.69, 9.17) is 0 Å². The number of piperidine rings is 1. The summed E-state index contributed by atoms with van der Waals surface area (Å²) in [6.07, 6.45) is 5.06. The highest BCUT2D eigenvalue weighted by molar-refractivity contribution is 14.0. The lowest BCUT2D eigenvalue weighted by molar-refractivity contribution is 0.219. The van der Waals surface area contributed by atoms with E-state index in [2.05, 4.69) is 57.5 Å². The Balaban J connectivity index is 0.00000225. The molecule has 25 heavy (non-hydrogen) atoms. The molecule has 1 unspecified atom stereocenters. The fraction of sp³-hybridized carbons (Fsp3) is 0.650. The zero-order chi connectivity index (χ0) is 16.8. The second kappa shape index (κ2) is 10.4. The maximum Gasteiger partial charge on any atom is 0.193 e. The first-order valence-corrected chi connectivity index (χ1v) is 9.42. The minimum absolute atomic E-state index is 0. The van der Waals surface area contributed by atoms with Gasteiger partial charge in [0, 0.05) is 26.7 Å². The Kier molecular flexibility index (Phi) is 8.49. The molecule has 2 aliphatic rings. The van der Waals surface area contributed by atoms with Crippen LogP contribution in [0.1, 0.15) is 24.8 Å². The quantitative estimate of drug-likeness (QED) is 0.429. The number of halogens is 1. The summed E-state index contributed by atoms with van der Waals surface area (Å²) >= 11 is 0. The Morgan fingerprint density at radius 3 is 2.44 bits per heavy atom. The summed E-state index contributed by atoms with van der Waals surface area (Å²) in [7, 11) is 4.14. The first-order chi connectivity index (χ1) is 11.7. The van der Waals surface area contributed by atoms with E-state index in [-0.39, 0.29) is 24.0 Å². The summed E-state index contributed by atoms with van der Waals surface area (Å²) in [5.74, 6) is 2.64. The third-order valence-electron chi connectivity index (χ3n) is 5.55. The summed E-state index contributed by atoms with van der Waals surface area (Å²) in [6, 6.07) is 10.9. The molecule has 4 nitrogen and oxygen atoms in total. The largest absolute Gasteiger partial charge is 0.356 e. The van der Waals surface area contributed by atoms with E-state index >= 15 is 0 Å². The molecular weight excluding hydrogens is 423 g/mol. The van der Waals surface area contributed by atoms with Gasteiger partial charge in [-0.2, -0.15) is 0 Å². The van der Waals surface area contributed by atoms with Crippen molar-refractivity contribution >= 4 is 29.9 Å². The number of nitrogens with zero attached hydrogens (tertiary/aromatic N) is 3. The maximum absolute atomic E-state index is 4.53. The normalized spacial score (nSPS) is 22.7. The summed E-state index contributed by atoms with van der Waals surface area (Å²) in [4.78, 5) is 9.41. The lowest BCUT2D eigenvalue weighted by Crippen LogP contribution is -2.43. The van der Waals surface area contributed by atoms with Crippen molar-refractivity contribution in [2.24, 2.45) is 16.8 Å². The molecule has 2 aliphatic heterocycles. The predicted molar refractivity (Wildman–Crippen MR) is 117 cm³/mol. The van der Waals surface area contributed by atoms with Gasteiger partial charge in [-0.1, -0.05) is 30.3 Å². The van der Waals surface area contributed by atoms with Gasteiger partial charge in [-0.25, -0.2) is 0 Å². The monoisotopic (exact) mass is 456 g/mol. The summed E-state index contributed by atoms with van der Waals surface area (Å²) in [6.45, 7) is 5.79. The van der Waals surface area contributed by atoms with Crippen LogP contribution < -0.4 is 5.32 Å². The van der Waals surface area contributed by atoms with Gasteiger partial charge in [0.1, 0.15) is 0 Å². The van der Waals surface area contributed by atoms with Crippen LogP contribution in [0.25, 0.3) is 0 Å². The average Bonchev–Trinajstić information content (AvgIpc) is 3.06. The molecule has 0 aliphatic carbocycles. The molecule has 3 rings (SSSR count). The number of hydrogen-bond donors (Lipinski definition) is 1. The van der Waals surface area contributed by atoms with Crippen molar-refractivity contribution in [3.63, 3.8) is 0 Å². The lowest BCUT2D eigenvalue weighted by atomic mass is 9.97. The van der Waals surface area contributed by atoms with Crippen LogP contribution in [0.3, 0.4) is 0 Å². The standard InChI is InChI=1S/C20H32N4.HI/c1-21-20(22-15-18-8-11-23(2)12-9-18)24-13-10-19(16-24)14-17-6-4-3-5-7-17;/h3-7,18-19H,8-16H2,1-2H3,(H,21,22);1H. The summed E-state index contributed by atoms with van der Waals surface area (Å²) < 4.78 is 0. The van der Waals surface area contributed by atoms with Crippen LogP contribution in [0.15, 0.2) is 35.3 Å². The van der Waals surface area contributed by atoms with Gasteiger partial charge in [0.15, 0.2) is 5.96 Å². The van der Waals surface area contributed by atoms with Gasteiger partial charge in [-0.05, 0) is 63.2 Å². The zero-order valence-electron chi connectivity index (χ0n) is 15.7. The zero-order valence-corrected chi connectivity index (χ0v) is 18.0. The van der Waals surface area contributed by atoms with Crippen molar-refractivity contribution in [3.8, 4) is 0 Å². The number of nitrogens with one attached hydrogen (secondary N) is 1. The Morgan fingerprint density at radius 1 is 1.08 bits per heavy atom. The number of likely N-dealkylation sites (tertiary alicyclic amines) is 2. The van der Waals surface area contributed by atoms with Crippen molar-refractivity contribution < 1.29 is 0 Å². The molecule has 0 amide bonds. The first kappa shape index (κ1) is 20.5. The topological polar surface area (TPSA) is 30.9 Å². The third-order valence-corrected chi connectivity index (χ3v) is 5.55. The predicted octanol–water partition coefficient (Wildman–Crippen LogP) is 3.09. The van der Waals surface area contributed by atoms with Gasteiger partial charge < -0.3 is 15.1 Å². The van der Waals surface area contributed by atoms with Gasteiger partial charge in [-0.15, -0.1) is 24.0 Å². The van der Waals surface area contributed by atoms with Crippen LogP contribution in [-0.4, -0.2) is 62.6 Å². The molecule has 1 aromatic rings. The first-order valence-electron chi connectivity index (χ1n) is 9.42. The molecule has 0 radical (unpaired) electrons. The highest BCUT2D eigenvalue weighted by atomic mass is 127. The van der Waals surface area contributed by atoms with Crippen LogP contribution >= 0.6 is 24.0 Å². The lowest BCUT2D eigenvalue weighted by Gasteiger charge is -2.30. The summed E-state index contributed by atoms with van der Waals surface area (Å²) in [5, 5.41) is 3.64. The van der Waals surface area contributed by atoms with Gasteiger partial charge in [0.25, 0.3) is 0 Å². The molecule has 140 valence electrons. The highest BCUT2D eigenvalue weighted by Gasteiger charge is 2.25. The molecular formula is C20H33IN4. The maximum atomic E-state index is 4.53. The van der Waals surface area contributed by atoms with Crippen LogP contribution in [0, 0.1) is 11.8 Å². The van der Waals surface area contributed by atoms with Crippen LogP contribution in [0.2, 0.25) is 0 Å². The van der Waals surface area contributed by atoms with Crippen molar-refractivity contribution in [1.29, 1.82) is 0 Å². The van der Waals surface area contributed by atoms with Crippen molar-refractivity contribution in [1.82, 2.24) is 15.1 Å². The minimum atomic E-state index is 0. The van der Waals surface area contributed by atoms with Gasteiger partial charge in [0.05, 0.1) is 0 Å². The number of rotatable bonds is 4. The Morgan fingerprint density at radius 2 is 1.76 bits per heavy atom. The highest BCUT2D eigenvalue weighted by Crippen LogP contribution is 2.21. The van der Waals surface area contributed by atoms with Gasteiger partial charge >= 0.3 is 0 Å². The molecule has 0 spiro atoms. The van der Waals surface area contributed by atoms with Crippen LogP contribution in [-0.2, 0) is 6.42 Å². The van der Waals surface area contributed by atoms with Gasteiger partial charge in [-0.3, -0.25) is 4.99 Å². The average molecular weight is 456 g/mol. The van der Waals surface area contributed by atoms with Crippen molar-refractivity contribution in [3.05, 3.63) is 35.9 Å². The van der Waals surface area contributed by atoms with E-state index in [1.165, 1.54) is 44.3 Å². The third kappa shape index (κ3) is 6.13. The Labute approximate surface area is 170 Å². The number of hydrogen-bond acceptors (Lipinski definition) is 2. The van der Waals surface area contributed by atoms with E-state index in [1.54, 1.807) is 0 Å². The molecule has 2 saturated heterocycles.